The average molecular weight is 188 g/mol. The molecule has 1 aromatic rings. The third-order valence-corrected chi connectivity index (χ3v) is 1.39. The first-order valence-electron chi connectivity index (χ1n) is 3.31. The lowest BCUT2D eigenvalue weighted by Crippen LogP contribution is -2.04. The number of halogens is 3. The molecule has 0 bridgehead atoms. The maximum atomic E-state index is 12.0. The second kappa shape index (κ2) is 3.31. The molecule has 13 heavy (non-hydrogen) atoms. The molecule has 0 amide bonds. The zero-order valence-corrected chi connectivity index (χ0v) is 6.34. The summed E-state index contributed by atoms with van der Waals surface area (Å²) in [6.45, 7) is 0. The Morgan fingerprint density at radius 2 is 1.69 bits per heavy atom. The van der Waals surface area contributed by atoms with Crippen LogP contribution in [0.2, 0.25) is 0 Å². The Balaban J connectivity index is 2.89. The molecule has 0 aliphatic heterocycles. The Morgan fingerprint density at radius 3 is 2.08 bits per heavy atom. The van der Waals surface area contributed by atoms with Gasteiger partial charge in [-0.15, -0.1) is 0 Å². The number of nitrogens with one attached hydrogen (secondary N) is 1. The normalized spacial score (nSPS) is 10.6. The largest absolute Gasteiger partial charge is 0.416 e. The van der Waals surface area contributed by atoms with E-state index in [0.717, 1.165) is 12.1 Å². The fourth-order valence-corrected chi connectivity index (χ4v) is 0.791. The first kappa shape index (κ1) is 9.32. The van der Waals surface area contributed by atoms with E-state index in [1.165, 1.54) is 12.1 Å². The highest BCUT2D eigenvalue weighted by molar-refractivity contribution is 5.45. The summed E-state index contributed by atoms with van der Waals surface area (Å²) in [6.07, 6.45) is -4.34. The van der Waals surface area contributed by atoms with Crippen molar-refractivity contribution in [2.75, 3.05) is 5.43 Å². The molecule has 1 rings (SSSR count). The molecule has 0 saturated carbocycles. The van der Waals surface area contributed by atoms with Crippen LogP contribution in [0.3, 0.4) is 0 Å². The van der Waals surface area contributed by atoms with Crippen molar-refractivity contribution in [2.45, 2.75) is 6.18 Å². The van der Waals surface area contributed by atoms with Gasteiger partial charge in [0.15, 0.2) is 0 Å². The predicted octanol–water partition coefficient (Wildman–Crippen LogP) is 2.89. The lowest BCUT2D eigenvalue weighted by atomic mass is 10.2. The van der Waals surface area contributed by atoms with Crippen molar-refractivity contribution in [1.82, 2.24) is 0 Å². The van der Waals surface area contributed by atoms with E-state index in [9.17, 15) is 13.2 Å². The minimum atomic E-state index is -4.34. The van der Waals surface area contributed by atoms with Crippen LogP contribution in [0.4, 0.5) is 18.9 Å². The summed E-state index contributed by atoms with van der Waals surface area (Å²) in [6, 6.07) is 4.13. The fraction of sp³-hybridized carbons (Fsp3) is 0.143. The highest BCUT2D eigenvalue weighted by atomic mass is 19.4. The van der Waals surface area contributed by atoms with Crippen LogP contribution in [0.15, 0.2) is 24.3 Å². The molecule has 68 valence electrons. The van der Waals surface area contributed by atoms with Crippen LogP contribution in [0.5, 0.6) is 0 Å². The van der Waals surface area contributed by atoms with Crippen molar-refractivity contribution in [3.05, 3.63) is 34.9 Å². The molecule has 0 radical (unpaired) electrons. The van der Waals surface area contributed by atoms with E-state index in [4.69, 9.17) is 5.39 Å². The second-order valence-electron chi connectivity index (χ2n) is 2.29. The van der Waals surface area contributed by atoms with E-state index in [2.05, 4.69) is 10.5 Å². The van der Waals surface area contributed by atoms with E-state index in [1.807, 2.05) is 0 Å². The number of hydrogen-bond donors (Lipinski definition) is 1. The van der Waals surface area contributed by atoms with Gasteiger partial charge >= 0.3 is 11.3 Å². The minimum Gasteiger partial charge on any atom is -0.166 e. The number of rotatable bonds is 1. The molecule has 0 fully saturated rings. The van der Waals surface area contributed by atoms with Crippen molar-refractivity contribution in [3.63, 3.8) is 0 Å². The third-order valence-electron chi connectivity index (χ3n) is 1.39. The van der Waals surface area contributed by atoms with Gasteiger partial charge in [0.05, 0.1) is 5.56 Å². The van der Waals surface area contributed by atoms with Crippen LogP contribution < -0.4 is 5.43 Å². The van der Waals surface area contributed by atoms with Crippen molar-refractivity contribution in [2.24, 2.45) is 0 Å². The van der Waals surface area contributed by atoms with Gasteiger partial charge in [-0.3, -0.25) is 0 Å². The maximum Gasteiger partial charge on any atom is 0.416 e. The summed E-state index contributed by atoms with van der Waals surface area (Å²) in [5.74, 6) is 0. The van der Waals surface area contributed by atoms with Gasteiger partial charge in [0.2, 0.25) is 0 Å². The quantitative estimate of drug-likeness (QED) is 0.543. The smallest absolute Gasteiger partial charge is 0.166 e. The molecular weight excluding hydrogens is 183 g/mol. The first-order chi connectivity index (χ1) is 6.04. The van der Waals surface area contributed by atoms with Gasteiger partial charge < -0.3 is 0 Å². The highest BCUT2D eigenvalue weighted by Gasteiger charge is 2.30. The van der Waals surface area contributed by atoms with Gasteiger partial charge in [-0.2, -0.15) is 13.2 Å². The molecule has 0 saturated heterocycles. The topological polar surface area (TPSA) is 40.2 Å². The van der Waals surface area contributed by atoms with Crippen molar-refractivity contribution < 1.29 is 13.2 Å². The van der Waals surface area contributed by atoms with Gasteiger partial charge in [0.25, 0.3) is 5.39 Å². The summed E-state index contributed by atoms with van der Waals surface area (Å²) in [4.78, 5) is 0. The van der Waals surface area contributed by atoms with Gasteiger partial charge in [-0.05, 0) is 29.7 Å². The molecule has 0 atom stereocenters. The standard InChI is InChI=1S/C7H5F3N3/c8-7(9,10)5-1-3-6(4-2-5)12-13-11/h1-4,12H/q+1. The summed E-state index contributed by atoms with van der Waals surface area (Å²) >= 11 is 0. The monoisotopic (exact) mass is 188 g/mol. The molecule has 3 nitrogen and oxygen atoms in total. The molecule has 1 aromatic carbocycles. The predicted molar refractivity (Wildman–Crippen MR) is 40.2 cm³/mol. The Hall–Kier alpha value is -1.77. The van der Waals surface area contributed by atoms with Gasteiger partial charge in [-0.1, -0.05) is 0 Å². The van der Waals surface area contributed by atoms with Crippen molar-refractivity contribution >= 4 is 5.69 Å². The van der Waals surface area contributed by atoms with E-state index in [-0.39, 0.29) is 5.69 Å². The maximum absolute atomic E-state index is 12.0. The number of anilines is 1. The van der Waals surface area contributed by atoms with Gasteiger partial charge in [0, 0.05) is 0 Å². The Bertz CT molecular complexity index is 322. The SMILES string of the molecule is N#[N+]Nc1ccc(C(F)(F)F)cc1. The minimum absolute atomic E-state index is 0.288. The number of hydrogen-bond acceptors (Lipinski definition) is 2. The average Bonchev–Trinajstić information content (AvgIpc) is 2.04. The van der Waals surface area contributed by atoms with Crippen LogP contribution in [-0.2, 0) is 6.18 Å². The molecule has 0 heterocycles. The van der Waals surface area contributed by atoms with Gasteiger partial charge in [-0.25, -0.2) is 0 Å². The number of benzene rings is 1. The molecule has 0 aliphatic carbocycles. The summed E-state index contributed by atoms with van der Waals surface area (Å²) < 4.78 is 36.0. The summed E-state index contributed by atoms with van der Waals surface area (Å²) in [5.41, 5.74) is 1.65. The second-order valence-corrected chi connectivity index (χ2v) is 2.29. The Morgan fingerprint density at radius 1 is 1.15 bits per heavy atom. The third kappa shape index (κ3) is 2.33. The summed E-state index contributed by atoms with van der Waals surface area (Å²) in [7, 11) is 0. The van der Waals surface area contributed by atoms with Crippen molar-refractivity contribution in [3.8, 4) is 0 Å². The van der Waals surface area contributed by atoms with Crippen molar-refractivity contribution in [1.29, 1.82) is 5.39 Å². The Labute approximate surface area is 71.8 Å². The molecular formula is C7H5F3N3+. The number of nitrogens with zero attached hydrogens (tertiary/aromatic N) is 2. The molecule has 0 aliphatic rings. The molecule has 0 aromatic heterocycles. The van der Waals surface area contributed by atoms with Crippen LogP contribution in [0.1, 0.15) is 5.56 Å². The van der Waals surface area contributed by atoms with E-state index >= 15 is 0 Å². The number of diazo groups is 1. The van der Waals surface area contributed by atoms with E-state index in [0.29, 0.717) is 0 Å². The zero-order valence-electron chi connectivity index (χ0n) is 6.34. The Kier molecular flexibility index (Phi) is 2.37. The lowest BCUT2D eigenvalue weighted by Gasteiger charge is -2.04. The van der Waals surface area contributed by atoms with E-state index < -0.39 is 11.7 Å². The molecule has 0 unspecified atom stereocenters. The van der Waals surface area contributed by atoms with E-state index in [1.54, 1.807) is 0 Å². The highest BCUT2D eigenvalue weighted by Crippen LogP contribution is 2.29. The van der Waals surface area contributed by atoms with Gasteiger partial charge in [0.1, 0.15) is 5.69 Å². The molecule has 6 heteroatoms. The van der Waals surface area contributed by atoms with Crippen LogP contribution in [0, 0.1) is 5.39 Å². The van der Waals surface area contributed by atoms with Crippen LogP contribution in [-0.4, -0.2) is 0 Å². The first-order valence-corrected chi connectivity index (χ1v) is 3.31. The number of alkyl halides is 3. The molecule has 1 N–H and O–H groups in total. The van der Waals surface area contributed by atoms with Crippen LogP contribution in [0.25, 0.3) is 5.08 Å². The lowest BCUT2D eigenvalue weighted by molar-refractivity contribution is -0.137. The molecule has 0 spiro atoms. The fourth-order valence-electron chi connectivity index (χ4n) is 0.791. The van der Waals surface area contributed by atoms with Crippen LogP contribution >= 0.6 is 0 Å². The zero-order chi connectivity index (χ0) is 9.90. The summed E-state index contributed by atoms with van der Waals surface area (Å²) in [5, 5.41) is 10.6.